The zero-order chi connectivity index (χ0) is 16.9. The molecule has 4 nitrogen and oxygen atoms in total. The minimum Gasteiger partial charge on any atom is -0.497 e. The van der Waals surface area contributed by atoms with Crippen molar-refractivity contribution in [1.82, 2.24) is 4.90 Å². The normalized spacial score (nSPS) is 14.6. The molecule has 0 aliphatic carbocycles. The van der Waals surface area contributed by atoms with Gasteiger partial charge in [-0.1, -0.05) is 28.1 Å². The van der Waals surface area contributed by atoms with E-state index in [9.17, 15) is 4.79 Å². The Labute approximate surface area is 151 Å². The molecule has 1 aliphatic heterocycles. The third-order valence-corrected chi connectivity index (χ3v) is 4.81. The van der Waals surface area contributed by atoms with Gasteiger partial charge in [0.05, 0.1) is 13.5 Å². The minimum absolute atomic E-state index is 0.197. The molecule has 0 unspecified atom stereocenters. The van der Waals surface area contributed by atoms with E-state index in [4.69, 9.17) is 4.74 Å². The van der Waals surface area contributed by atoms with Crippen LogP contribution in [-0.2, 0) is 11.2 Å². The van der Waals surface area contributed by atoms with Gasteiger partial charge >= 0.3 is 0 Å². The van der Waals surface area contributed by atoms with Gasteiger partial charge in [-0.2, -0.15) is 0 Å². The van der Waals surface area contributed by atoms with E-state index in [0.717, 1.165) is 42.0 Å². The lowest BCUT2D eigenvalue weighted by Crippen LogP contribution is -2.49. The molecular weight excluding hydrogens is 368 g/mol. The Hall–Kier alpha value is -2.01. The van der Waals surface area contributed by atoms with E-state index < -0.39 is 0 Å². The van der Waals surface area contributed by atoms with Crippen LogP contribution in [0.3, 0.4) is 0 Å². The molecule has 24 heavy (non-hydrogen) atoms. The number of halogens is 1. The average Bonchev–Trinajstić information content (AvgIpc) is 2.62. The Balaban J connectivity index is 1.55. The highest BCUT2D eigenvalue weighted by molar-refractivity contribution is 9.10. The highest BCUT2D eigenvalue weighted by atomic mass is 79.9. The summed E-state index contributed by atoms with van der Waals surface area (Å²) < 4.78 is 6.21. The van der Waals surface area contributed by atoms with Gasteiger partial charge in [0.25, 0.3) is 0 Å². The first-order valence-electron chi connectivity index (χ1n) is 8.07. The maximum Gasteiger partial charge on any atom is 0.227 e. The number of carbonyl (C=O) groups excluding carboxylic acids is 1. The third kappa shape index (κ3) is 4.09. The molecule has 0 aromatic heterocycles. The van der Waals surface area contributed by atoms with E-state index in [-0.39, 0.29) is 5.91 Å². The van der Waals surface area contributed by atoms with Crippen molar-refractivity contribution < 1.29 is 9.53 Å². The lowest BCUT2D eigenvalue weighted by atomic mass is 10.1. The monoisotopic (exact) mass is 388 g/mol. The number of piperazine rings is 1. The SMILES string of the molecule is COc1ccc(N2CCN(C(=O)Cc3cccc(Br)c3)CC2)cc1. The number of ether oxygens (including phenoxy) is 1. The molecule has 0 bridgehead atoms. The summed E-state index contributed by atoms with van der Waals surface area (Å²) in [5.74, 6) is 1.06. The Morgan fingerprint density at radius 2 is 1.79 bits per heavy atom. The van der Waals surface area contributed by atoms with Crippen LogP contribution in [0.1, 0.15) is 5.56 Å². The van der Waals surface area contributed by atoms with Crippen molar-refractivity contribution in [1.29, 1.82) is 0 Å². The fourth-order valence-corrected chi connectivity index (χ4v) is 3.39. The van der Waals surface area contributed by atoms with Crippen LogP contribution in [0.15, 0.2) is 53.0 Å². The molecule has 0 atom stereocenters. The van der Waals surface area contributed by atoms with Crippen LogP contribution in [0, 0.1) is 0 Å². The molecule has 5 heteroatoms. The topological polar surface area (TPSA) is 32.8 Å². The van der Waals surface area contributed by atoms with Crippen molar-refractivity contribution in [3.63, 3.8) is 0 Å². The lowest BCUT2D eigenvalue weighted by molar-refractivity contribution is -0.130. The summed E-state index contributed by atoms with van der Waals surface area (Å²) in [6, 6.07) is 16.0. The molecule has 2 aromatic carbocycles. The average molecular weight is 389 g/mol. The van der Waals surface area contributed by atoms with E-state index in [1.807, 2.05) is 41.3 Å². The van der Waals surface area contributed by atoms with Crippen LogP contribution < -0.4 is 9.64 Å². The molecule has 3 rings (SSSR count). The van der Waals surface area contributed by atoms with Crippen molar-refractivity contribution in [3.8, 4) is 5.75 Å². The predicted molar refractivity (Wildman–Crippen MR) is 99.6 cm³/mol. The lowest BCUT2D eigenvalue weighted by Gasteiger charge is -2.36. The van der Waals surface area contributed by atoms with Crippen LogP contribution in [0.4, 0.5) is 5.69 Å². The second kappa shape index (κ2) is 7.71. The maximum atomic E-state index is 12.5. The van der Waals surface area contributed by atoms with Crippen LogP contribution in [-0.4, -0.2) is 44.1 Å². The smallest absolute Gasteiger partial charge is 0.227 e. The van der Waals surface area contributed by atoms with Crippen LogP contribution in [0.2, 0.25) is 0 Å². The molecular formula is C19H21BrN2O2. The second-order valence-corrected chi connectivity index (χ2v) is 6.79. The van der Waals surface area contributed by atoms with Crippen LogP contribution >= 0.6 is 15.9 Å². The van der Waals surface area contributed by atoms with Gasteiger partial charge in [-0.3, -0.25) is 4.79 Å². The third-order valence-electron chi connectivity index (χ3n) is 4.31. The van der Waals surface area contributed by atoms with Gasteiger partial charge in [0.15, 0.2) is 0 Å². The summed E-state index contributed by atoms with van der Waals surface area (Å²) in [5, 5.41) is 0. The first-order chi connectivity index (χ1) is 11.7. The van der Waals surface area contributed by atoms with Crippen molar-refractivity contribution in [2.75, 3.05) is 38.2 Å². The Morgan fingerprint density at radius 1 is 1.08 bits per heavy atom. The summed E-state index contributed by atoms with van der Waals surface area (Å²) in [6.45, 7) is 3.24. The van der Waals surface area contributed by atoms with Crippen LogP contribution in [0.5, 0.6) is 5.75 Å². The van der Waals surface area contributed by atoms with Crippen molar-refractivity contribution in [2.45, 2.75) is 6.42 Å². The summed E-state index contributed by atoms with van der Waals surface area (Å²) in [7, 11) is 1.67. The van der Waals surface area contributed by atoms with Crippen molar-refractivity contribution in [2.24, 2.45) is 0 Å². The molecule has 0 N–H and O–H groups in total. The van der Waals surface area contributed by atoms with Crippen molar-refractivity contribution in [3.05, 3.63) is 58.6 Å². The second-order valence-electron chi connectivity index (χ2n) is 5.87. The number of carbonyl (C=O) groups is 1. The van der Waals surface area contributed by atoms with Gasteiger partial charge < -0.3 is 14.5 Å². The fraction of sp³-hybridized carbons (Fsp3) is 0.316. The predicted octanol–water partition coefficient (Wildman–Crippen LogP) is 3.35. The quantitative estimate of drug-likeness (QED) is 0.804. The first kappa shape index (κ1) is 16.8. The summed E-state index contributed by atoms with van der Waals surface area (Å²) >= 11 is 3.45. The Kier molecular flexibility index (Phi) is 5.41. The van der Waals surface area contributed by atoms with E-state index in [1.165, 1.54) is 5.69 Å². The number of anilines is 1. The van der Waals surface area contributed by atoms with Gasteiger partial charge in [0, 0.05) is 36.3 Å². The molecule has 2 aromatic rings. The highest BCUT2D eigenvalue weighted by Gasteiger charge is 2.21. The molecule has 1 fully saturated rings. The number of benzene rings is 2. The number of rotatable bonds is 4. The largest absolute Gasteiger partial charge is 0.497 e. The maximum absolute atomic E-state index is 12.5. The zero-order valence-electron chi connectivity index (χ0n) is 13.7. The molecule has 126 valence electrons. The minimum atomic E-state index is 0.197. The van der Waals surface area contributed by atoms with E-state index >= 15 is 0 Å². The van der Waals surface area contributed by atoms with Crippen LogP contribution in [0.25, 0.3) is 0 Å². The van der Waals surface area contributed by atoms with Gasteiger partial charge in [0.1, 0.15) is 5.75 Å². The molecule has 1 saturated heterocycles. The van der Waals surface area contributed by atoms with Crippen molar-refractivity contribution >= 4 is 27.5 Å². The molecule has 0 spiro atoms. The highest BCUT2D eigenvalue weighted by Crippen LogP contribution is 2.21. The number of hydrogen-bond acceptors (Lipinski definition) is 3. The first-order valence-corrected chi connectivity index (χ1v) is 8.86. The number of methoxy groups -OCH3 is 1. The summed E-state index contributed by atoms with van der Waals surface area (Å²) in [4.78, 5) is 16.7. The van der Waals surface area contributed by atoms with Gasteiger partial charge in [0.2, 0.25) is 5.91 Å². The van der Waals surface area contributed by atoms with E-state index in [2.05, 4.69) is 33.0 Å². The molecule has 0 radical (unpaired) electrons. The number of nitrogens with zero attached hydrogens (tertiary/aromatic N) is 2. The summed E-state index contributed by atoms with van der Waals surface area (Å²) in [5.41, 5.74) is 2.22. The fourth-order valence-electron chi connectivity index (χ4n) is 2.94. The standard InChI is InChI=1S/C19H21BrN2O2/c1-24-18-7-5-17(6-8-18)21-9-11-22(12-10-21)19(23)14-15-3-2-4-16(20)13-15/h2-8,13H,9-12,14H2,1H3. The number of amides is 1. The molecule has 1 heterocycles. The van der Waals surface area contributed by atoms with Gasteiger partial charge in [-0.05, 0) is 42.0 Å². The number of hydrogen-bond donors (Lipinski definition) is 0. The van der Waals surface area contributed by atoms with E-state index in [0.29, 0.717) is 6.42 Å². The molecule has 1 amide bonds. The Bertz CT molecular complexity index is 695. The van der Waals surface area contributed by atoms with Gasteiger partial charge in [-0.25, -0.2) is 0 Å². The summed E-state index contributed by atoms with van der Waals surface area (Å²) in [6.07, 6.45) is 0.460. The van der Waals surface area contributed by atoms with Gasteiger partial charge in [-0.15, -0.1) is 0 Å². The Morgan fingerprint density at radius 3 is 2.42 bits per heavy atom. The molecule has 0 saturated carbocycles. The van der Waals surface area contributed by atoms with E-state index in [1.54, 1.807) is 7.11 Å². The zero-order valence-corrected chi connectivity index (χ0v) is 15.3. The molecule has 1 aliphatic rings.